The van der Waals surface area contributed by atoms with Crippen LogP contribution in [0.1, 0.15) is 5.69 Å². The average molecular weight is 282 g/mol. The first-order valence-electron chi connectivity index (χ1n) is 4.03. The number of sulfonamides is 1. The van der Waals surface area contributed by atoms with Crippen molar-refractivity contribution in [3.8, 4) is 11.8 Å². The van der Waals surface area contributed by atoms with Crippen LogP contribution in [-0.4, -0.2) is 19.8 Å². The molecule has 11 heteroatoms. The second-order valence-corrected chi connectivity index (χ2v) is 4.42. The number of ether oxygens (including phenoxy) is 1. The van der Waals surface area contributed by atoms with Crippen LogP contribution in [0.25, 0.3) is 0 Å². The van der Waals surface area contributed by atoms with Crippen molar-refractivity contribution >= 4 is 15.7 Å². The molecule has 18 heavy (non-hydrogen) atoms. The highest BCUT2D eigenvalue weighted by Crippen LogP contribution is 2.34. The minimum absolute atomic E-state index is 0.657. The van der Waals surface area contributed by atoms with E-state index in [1.54, 1.807) is 0 Å². The molecule has 7 nitrogen and oxygen atoms in total. The topological polar surface area (TPSA) is 132 Å². The third kappa shape index (κ3) is 2.99. The maximum atomic E-state index is 12.1. The molecule has 1 aromatic heterocycles. The smallest absolute Gasteiger partial charge is 0.401 e. The van der Waals surface area contributed by atoms with E-state index in [0.29, 0.717) is 6.20 Å². The molecule has 0 atom stereocenters. The monoisotopic (exact) mass is 282 g/mol. The van der Waals surface area contributed by atoms with E-state index in [2.05, 4.69) is 9.72 Å². The standard InChI is InChI=1S/C7H5F3N4O3S/c8-7(9,10)17-5-4(1-11)14-2-3(12)6(5)18(13,15)16/h2H,12H2,(H2,13,15,16). The number of hydrogen-bond acceptors (Lipinski definition) is 6. The summed E-state index contributed by atoms with van der Waals surface area (Å²) in [6, 6.07) is 1.25. The van der Waals surface area contributed by atoms with Gasteiger partial charge in [-0.25, -0.2) is 18.5 Å². The van der Waals surface area contributed by atoms with Crippen LogP contribution in [0.4, 0.5) is 18.9 Å². The molecule has 0 aliphatic carbocycles. The molecule has 0 aromatic carbocycles. The molecule has 0 spiro atoms. The molecule has 0 unspecified atom stereocenters. The number of primary sulfonamides is 1. The van der Waals surface area contributed by atoms with Crippen molar-refractivity contribution < 1.29 is 26.3 Å². The zero-order valence-electron chi connectivity index (χ0n) is 8.39. The fraction of sp³-hybridized carbons (Fsp3) is 0.143. The Hall–Kier alpha value is -2.06. The highest BCUT2D eigenvalue weighted by molar-refractivity contribution is 7.89. The molecule has 0 fully saturated rings. The number of nitrogens with two attached hydrogens (primary N) is 2. The highest BCUT2D eigenvalue weighted by Gasteiger charge is 2.36. The molecule has 1 heterocycles. The van der Waals surface area contributed by atoms with Crippen LogP contribution in [0.2, 0.25) is 0 Å². The van der Waals surface area contributed by atoms with E-state index in [1.807, 2.05) is 0 Å². The minimum Gasteiger partial charge on any atom is -0.401 e. The first-order valence-corrected chi connectivity index (χ1v) is 5.58. The second kappa shape index (κ2) is 4.31. The lowest BCUT2D eigenvalue weighted by Crippen LogP contribution is -2.23. The van der Waals surface area contributed by atoms with Crippen molar-refractivity contribution in [1.29, 1.82) is 5.26 Å². The van der Waals surface area contributed by atoms with Crippen LogP contribution in [0.15, 0.2) is 11.1 Å². The summed E-state index contributed by atoms with van der Waals surface area (Å²) in [5, 5.41) is 13.3. The van der Waals surface area contributed by atoms with Crippen LogP contribution in [0.5, 0.6) is 5.75 Å². The Morgan fingerprint density at radius 2 is 2.00 bits per heavy atom. The number of alkyl halides is 3. The third-order valence-corrected chi connectivity index (χ3v) is 2.61. The fourth-order valence-corrected chi connectivity index (χ4v) is 1.85. The van der Waals surface area contributed by atoms with Crippen molar-refractivity contribution in [3.05, 3.63) is 11.9 Å². The van der Waals surface area contributed by atoms with Gasteiger partial charge >= 0.3 is 6.36 Å². The van der Waals surface area contributed by atoms with Crippen molar-refractivity contribution in [2.45, 2.75) is 11.3 Å². The summed E-state index contributed by atoms with van der Waals surface area (Å²) < 4.78 is 62.1. The van der Waals surface area contributed by atoms with Gasteiger partial charge in [0.2, 0.25) is 10.0 Å². The number of nitrogen functional groups attached to an aromatic ring is 1. The molecule has 0 amide bonds. The molecule has 98 valence electrons. The lowest BCUT2D eigenvalue weighted by atomic mass is 10.3. The van der Waals surface area contributed by atoms with Crippen LogP contribution < -0.4 is 15.6 Å². The van der Waals surface area contributed by atoms with Crippen LogP contribution in [0, 0.1) is 11.3 Å². The molecule has 0 aliphatic heterocycles. The molecule has 0 saturated heterocycles. The van der Waals surface area contributed by atoms with Gasteiger partial charge in [-0.2, -0.15) is 5.26 Å². The Morgan fingerprint density at radius 3 is 2.39 bits per heavy atom. The molecule has 0 aliphatic rings. The number of nitrogens with zero attached hydrogens (tertiary/aromatic N) is 2. The summed E-state index contributed by atoms with van der Waals surface area (Å²) in [6.45, 7) is 0. The third-order valence-electron chi connectivity index (χ3n) is 1.62. The first kappa shape index (κ1) is 14.0. The summed E-state index contributed by atoms with van der Waals surface area (Å²) in [7, 11) is -4.61. The number of anilines is 1. The molecule has 1 aromatic rings. The molecular weight excluding hydrogens is 277 g/mol. The van der Waals surface area contributed by atoms with Crippen LogP contribution in [0.3, 0.4) is 0 Å². The van der Waals surface area contributed by atoms with Crippen molar-refractivity contribution in [3.63, 3.8) is 0 Å². The highest BCUT2D eigenvalue weighted by atomic mass is 32.2. The Labute approximate surface area is 98.8 Å². The molecule has 4 N–H and O–H groups in total. The molecular formula is C7H5F3N4O3S. The van der Waals surface area contributed by atoms with Gasteiger partial charge in [0.15, 0.2) is 16.3 Å². The molecule has 0 bridgehead atoms. The zero-order valence-corrected chi connectivity index (χ0v) is 9.21. The predicted molar refractivity (Wildman–Crippen MR) is 51.4 cm³/mol. The SMILES string of the molecule is N#Cc1ncc(N)c(S(N)(=O)=O)c1OC(F)(F)F. The Morgan fingerprint density at radius 1 is 1.44 bits per heavy atom. The van der Waals surface area contributed by atoms with E-state index < -0.39 is 38.4 Å². The van der Waals surface area contributed by atoms with Crippen molar-refractivity contribution in [2.75, 3.05) is 5.73 Å². The van der Waals surface area contributed by atoms with Crippen molar-refractivity contribution in [1.82, 2.24) is 4.98 Å². The zero-order chi connectivity index (χ0) is 14.1. The number of rotatable bonds is 2. The summed E-state index contributed by atoms with van der Waals surface area (Å²) >= 11 is 0. The van der Waals surface area contributed by atoms with Gasteiger partial charge in [0.25, 0.3) is 0 Å². The lowest BCUT2D eigenvalue weighted by Gasteiger charge is -2.14. The van der Waals surface area contributed by atoms with E-state index in [9.17, 15) is 21.6 Å². The van der Waals surface area contributed by atoms with Crippen LogP contribution in [-0.2, 0) is 10.0 Å². The van der Waals surface area contributed by atoms with E-state index in [-0.39, 0.29) is 0 Å². The summed E-state index contributed by atoms with van der Waals surface area (Å²) in [6.07, 6.45) is -4.53. The van der Waals surface area contributed by atoms with Crippen LogP contribution >= 0.6 is 0 Å². The first-order chi connectivity index (χ1) is 8.06. The second-order valence-electron chi connectivity index (χ2n) is 2.93. The number of halogens is 3. The van der Waals surface area contributed by atoms with Gasteiger partial charge in [-0.3, -0.25) is 0 Å². The number of aromatic nitrogens is 1. The van der Waals surface area contributed by atoms with Gasteiger partial charge < -0.3 is 10.5 Å². The largest absolute Gasteiger partial charge is 0.573 e. The average Bonchev–Trinajstić information content (AvgIpc) is 2.13. The summed E-state index contributed by atoms with van der Waals surface area (Å²) in [5.74, 6) is -1.34. The molecule has 0 radical (unpaired) electrons. The maximum absolute atomic E-state index is 12.1. The van der Waals surface area contributed by atoms with Gasteiger partial charge in [0, 0.05) is 0 Å². The normalized spacial score (nSPS) is 11.9. The number of nitriles is 1. The fourth-order valence-electron chi connectivity index (χ4n) is 1.07. The van der Waals surface area contributed by atoms with Gasteiger partial charge in [-0.05, 0) is 0 Å². The minimum atomic E-state index is -5.22. The Kier molecular flexibility index (Phi) is 3.36. The lowest BCUT2D eigenvalue weighted by molar-refractivity contribution is -0.275. The van der Waals surface area contributed by atoms with Gasteiger partial charge in [-0.1, -0.05) is 0 Å². The number of pyridine rings is 1. The maximum Gasteiger partial charge on any atom is 0.573 e. The Balaban J connectivity index is 3.64. The van der Waals surface area contributed by atoms with E-state index in [1.165, 1.54) is 6.07 Å². The predicted octanol–water partition coefficient (Wildman–Crippen LogP) is 0.0815. The van der Waals surface area contributed by atoms with Gasteiger partial charge in [0.1, 0.15) is 6.07 Å². The van der Waals surface area contributed by atoms with E-state index in [0.717, 1.165) is 0 Å². The van der Waals surface area contributed by atoms with Crippen molar-refractivity contribution in [2.24, 2.45) is 5.14 Å². The summed E-state index contributed by atoms with van der Waals surface area (Å²) in [4.78, 5) is 2.09. The van der Waals surface area contributed by atoms with E-state index >= 15 is 0 Å². The molecule has 1 rings (SSSR count). The van der Waals surface area contributed by atoms with E-state index in [4.69, 9.17) is 16.1 Å². The summed E-state index contributed by atoms with van der Waals surface area (Å²) in [5.41, 5.74) is 3.62. The van der Waals surface area contributed by atoms with Gasteiger partial charge in [-0.15, -0.1) is 13.2 Å². The quantitative estimate of drug-likeness (QED) is 0.789. The molecule has 0 saturated carbocycles. The van der Waals surface area contributed by atoms with Gasteiger partial charge in [0.05, 0.1) is 11.9 Å². The number of hydrogen-bond donors (Lipinski definition) is 2. The Bertz CT molecular complexity index is 620.